The lowest BCUT2D eigenvalue weighted by Gasteiger charge is -2.29. The predicted octanol–water partition coefficient (Wildman–Crippen LogP) is 3.41. The average molecular weight is 302 g/mol. The normalized spacial score (nSPS) is 24.6. The first-order chi connectivity index (χ1) is 10.7. The monoisotopic (exact) mass is 302 g/mol. The highest BCUT2D eigenvalue weighted by Gasteiger charge is 2.25. The molecule has 2 atom stereocenters. The smallest absolute Gasteiger partial charge is 0.0527 e. The Morgan fingerprint density at radius 3 is 2.45 bits per heavy atom. The molecule has 2 heterocycles. The van der Waals surface area contributed by atoms with Crippen LogP contribution in [-0.4, -0.2) is 41.8 Å². The van der Waals surface area contributed by atoms with E-state index < -0.39 is 0 Å². The van der Waals surface area contributed by atoms with E-state index in [1.165, 1.54) is 63.0 Å². The molecule has 0 amide bonds. The Kier molecular flexibility index (Phi) is 5.37. The van der Waals surface area contributed by atoms with Crippen molar-refractivity contribution < 1.29 is 5.11 Å². The molecule has 3 heteroatoms. The molecule has 1 aromatic carbocycles. The third kappa shape index (κ3) is 4.02. The molecule has 0 bridgehead atoms. The molecule has 3 nitrogen and oxygen atoms in total. The molecular formula is C19H30N2O. The van der Waals surface area contributed by atoms with Gasteiger partial charge < -0.3 is 10.0 Å². The lowest BCUT2D eigenvalue weighted by molar-refractivity contribution is 0.131. The van der Waals surface area contributed by atoms with Crippen molar-refractivity contribution in [2.75, 3.05) is 24.5 Å². The molecule has 2 saturated heterocycles. The zero-order valence-corrected chi connectivity index (χ0v) is 13.9. The van der Waals surface area contributed by atoms with Gasteiger partial charge in [0.1, 0.15) is 0 Å². The Hall–Kier alpha value is -1.06. The fourth-order valence-electron chi connectivity index (χ4n) is 3.96. The maximum atomic E-state index is 9.65. The van der Waals surface area contributed by atoms with Crippen molar-refractivity contribution in [1.29, 1.82) is 0 Å². The first kappa shape index (κ1) is 15.8. The van der Waals surface area contributed by atoms with Gasteiger partial charge in [-0.25, -0.2) is 0 Å². The molecule has 2 aliphatic rings. The SMILES string of the molecule is CC(O)CC1CCCN1Cc1ccc(N2CCCCC2)cc1. The van der Waals surface area contributed by atoms with Crippen LogP contribution in [0.25, 0.3) is 0 Å². The Bertz CT molecular complexity index is 451. The van der Waals surface area contributed by atoms with Crippen LogP contribution in [0.5, 0.6) is 0 Å². The standard InChI is InChI=1S/C19H30N2O/c1-16(22)14-19-6-5-13-21(19)15-17-7-9-18(10-8-17)20-11-3-2-4-12-20/h7-10,16,19,22H,2-6,11-15H2,1H3. The number of piperidine rings is 1. The summed E-state index contributed by atoms with van der Waals surface area (Å²) in [6.07, 6.45) is 7.26. The van der Waals surface area contributed by atoms with Gasteiger partial charge in [0, 0.05) is 31.4 Å². The van der Waals surface area contributed by atoms with E-state index in [4.69, 9.17) is 0 Å². The molecule has 0 radical (unpaired) electrons. The number of aliphatic hydroxyl groups excluding tert-OH is 1. The fraction of sp³-hybridized carbons (Fsp3) is 0.684. The van der Waals surface area contributed by atoms with Gasteiger partial charge in [0.25, 0.3) is 0 Å². The highest BCUT2D eigenvalue weighted by molar-refractivity contribution is 5.47. The van der Waals surface area contributed by atoms with Gasteiger partial charge in [0.2, 0.25) is 0 Å². The van der Waals surface area contributed by atoms with E-state index in [0.717, 1.165) is 13.0 Å². The predicted molar refractivity (Wildman–Crippen MR) is 92.2 cm³/mol. The van der Waals surface area contributed by atoms with Crippen LogP contribution < -0.4 is 4.90 Å². The Labute approximate surface area is 134 Å². The van der Waals surface area contributed by atoms with Gasteiger partial charge in [0.15, 0.2) is 0 Å². The second-order valence-corrected chi connectivity index (χ2v) is 7.07. The fourth-order valence-corrected chi connectivity index (χ4v) is 3.96. The van der Waals surface area contributed by atoms with E-state index in [-0.39, 0.29) is 6.10 Å². The van der Waals surface area contributed by atoms with Crippen molar-refractivity contribution >= 4 is 5.69 Å². The van der Waals surface area contributed by atoms with Crippen molar-refractivity contribution in [2.45, 2.75) is 64.1 Å². The average Bonchev–Trinajstić information content (AvgIpc) is 2.95. The molecule has 2 aliphatic heterocycles. The van der Waals surface area contributed by atoms with Gasteiger partial charge in [-0.3, -0.25) is 4.90 Å². The maximum Gasteiger partial charge on any atom is 0.0527 e. The minimum atomic E-state index is -0.188. The van der Waals surface area contributed by atoms with E-state index in [9.17, 15) is 5.11 Å². The van der Waals surface area contributed by atoms with Crippen LogP contribution in [0.1, 0.15) is 51.0 Å². The zero-order chi connectivity index (χ0) is 15.4. The third-order valence-corrected chi connectivity index (χ3v) is 5.16. The second kappa shape index (κ2) is 7.47. The molecule has 2 fully saturated rings. The van der Waals surface area contributed by atoms with Gasteiger partial charge >= 0.3 is 0 Å². The minimum absolute atomic E-state index is 0.188. The van der Waals surface area contributed by atoms with Crippen LogP contribution >= 0.6 is 0 Å². The third-order valence-electron chi connectivity index (χ3n) is 5.16. The first-order valence-electron chi connectivity index (χ1n) is 8.98. The summed E-state index contributed by atoms with van der Waals surface area (Å²) in [6.45, 7) is 6.52. The lowest BCUT2D eigenvalue weighted by atomic mass is 10.1. The first-order valence-corrected chi connectivity index (χ1v) is 8.98. The molecule has 1 N–H and O–H groups in total. The van der Waals surface area contributed by atoms with Gasteiger partial charge in [-0.1, -0.05) is 12.1 Å². The Balaban J connectivity index is 1.58. The van der Waals surface area contributed by atoms with E-state index in [1.54, 1.807) is 0 Å². The number of hydrogen-bond acceptors (Lipinski definition) is 3. The summed E-state index contributed by atoms with van der Waals surface area (Å²) in [5, 5.41) is 9.65. The number of rotatable bonds is 5. The topological polar surface area (TPSA) is 26.7 Å². The quantitative estimate of drug-likeness (QED) is 0.903. The number of aliphatic hydroxyl groups is 1. The summed E-state index contributed by atoms with van der Waals surface area (Å²) < 4.78 is 0. The number of anilines is 1. The summed E-state index contributed by atoms with van der Waals surface area (Å²) in [5.41, 5.74) is 2.78. The summed E-state index contributed by atoms with van der Waals surface area (Å²) in [7, 11) is 0. The van der Waals surface area contributed by atoms with E-state index in [0.29, 0.717) is 6.04 Å². The van der Waals surface area contributed by atoms with E-state index >= 15 is 0 Å². The maximum absolute atomic E-state index is 9.65. The van der Waals surface area contributed by atoms with Crippen LogP contribution in [0.3, 0.4) is 0 Å². The summed E-state index contributed by atoms with van der Waals surface area (Å²) in [6, 6.07) is 9.73. The highest BCUT2D eigenvalue weighted by atomic mass is 16.3. The Morgan fingerprint density at radius 2 is 1.77 bits per heavy atom. The van der Waals surface area contributed by atoms with Crippen LogP contribution in [0.2, 0.25) is 0 Å². The van der Waals surface area contributed by atoms with Crippen molar-refractivity contribution in [3.63, 3.8) is 0 Å². The van der Waals surface area contributed by atoms with Crippen LogP contribution in [0.15, 0.2) is 24.3 Å². The summed E-state index contributed by atoms with van der Waals surface area (Å²) in [5.74, 6) is 0. The highest BCUT2D eigenvalue weighted by Crippen LogP contribution is 2.25. The number of benzene rings is 1. The van der Waals surface area contributed by atoms with Crippen LogP contribution in [0.4, 0.5) is 5.69 Å². The van der Waals surface area contributed by atoms with Gasteiger partial charge in [-0.05, 0) is 69.7 Å². The molecule has 122 valence electrons. The van der Waals surface area contributed by atoms with E-state index in [1.807, 2.05) is 6.92 Å². The molecule has 2 unspecified atom stereocenters. The minimum Gasteiger partial charge on any atom is -0.393 e. The molecular weight excluding hydrogens is 272 g/mol. The second-order valence-electron chi connectivity index (χ2n) is 7.07. The van der Waals surface area contributed by atoms with E-state index in [2.05, 4.69) is 34.1 Å². The summed E-state index contributed by atoms with van der Waals surface area (Å²) in [4.78, 5) is 5.06. The van der Waals surface area contributed by atoms with Crippen molar-refractivity contribution in [3.8, 4) is 0 Å². The van der Waals surface area contributed by atoms with Crippen molar-refractivity contribution in [3.05, 3.63) is 29.8 Å². The zero-order valence-electron chi connectivity index (χ0n) is 13.9. The number of hydrogen-bond donors (Lipinski definition) is 1. The largest absolute Gasteiger partial charge is 0.393 e. The van der Waals surface area contributed by atoms with Crippen molar-refractivity contribution in [1.82, 2.24) is 4.90 Å². The molecule has 1 aromatic rings. The van der Waals surface area contributed by atoms with Crippen LogP contribution in [0, 0.1) is 0 Å². The number of nitrogens with zero attached hydrogens (tertiary/aromatic N) is 2. The molecule has 0 aliphatic carbocycles. The molecule has 0 spiro atoms. The Morgan fingerprint density at radius 1 is 1.05 bits per heavy atom. The molecule has 0 saturated carbocycles. The molecule has 3 rings (SSSR count). The lowest BCUT2D eigenvalue weighted by Crippen LogP contribution is -2.31. The van der Waals surface area contributed by atoms with Gasteiger partial charge in [-0.15, -0.1) is 0 Å². The van der Waals surface area contributed by atoms with Crippen molar-refractivity contribution in [2.24, 2.45) is 0 Å². The van der Waals surface area contributed by atoms with Crippen LogP contribution in [-0.2, 0) is 6.54 Å². The number of likely N-dealkylation sites (tertiary alicyclic amines) is 1. The van der Waals surface area contributed by atoms with Gasteiger partial charge in [-0.2, -0.15) is 0 Å². The molecule has 0 aromatic heterocycles. The molecule has 22 heavy (non-hydrogen) atoms. The summed E-state index contributed by atoms with van der Waals surface area (Å²) >= 11 is 0. The van der Waals surface area contributed by atoms with Gasteiger partial charge in [0.05, 0.1) is 6.10 Å².